The Labute approximate surface area is 137 Å². The predicted molar refractivity (Wildman–Crippen MR) is 89.4 cm³/mol. The van der Waals surface area contributed by atoms with Crippen molar-refractivity contribution in [2.75, 3.05) is 18.4 Å². The van der Waals surface area contributed by atoms with Crippen LogP contribution in [0.5, 0.6) is 0 Å². The highest BCUT2D eigenvalue weighted by Crippen LogP contribution is 2.21. The minimum absolute atomic E-state index is 0.0222. The number of hydrogen-bond acceptors (Lipinski definition) is 3. The molecule has 0 saturated carbocycles. The van der Waals surface area contributed by atoms with Crippen molar-refractivity contribution in [2.24, 2.45) is 0 Å². The summed E-state index contributed by atoms with van der Waals surface area (Å²) < 4.78 is 1.13. The minimum Gasteiger partial charge on any atom is -0.481 e. The number of carbonyl (C=O) groups is 2. The summed E-state index contributed by atoms with van der Waals surface area (Å²) in [4.78, 5) is 24.9. The van der Waals surface area contributed by atoms with Crippen molar-refractivity contribution >= 4 is 40.2 Å². The quantitative estimate of drug-likeness (QED) is 0.743. The summed E-state index contributed by atoms with van der Waals surface area (Å²) in [5, 5.41) is 11.8. The number of likely N-dealkylation sites (tertiary alicyclic amines) is 1. The number of halogens is 1. The number of carbonyl (C=O) groups excluding carboxylic acids is 1. The van der Waals surface area contributed by atoms with Gasteiger partial charge in [0.1, 0.15) is 0 Å². The molecule has 1 saturated heterocycles. The van der Waals surface area contributed by atoms with Crippen LogP contribution in [-0.4, -0.2) is 41.0 Å². The number of nitrogens with one attached hydrogen (secondary N) is 1. The van der Waals surface area contributed by atoms with Crippen molar-refractivity contribution in [3.8, 4) is 0 Å². The van der Waals surface area contributed by atoms with E-state index in [-0.39, 0.29) is 24.9 Å². The van der Waals surface area contributed by atoms with Gasteiger partial charge in [0.2, 0.25) is 5.91 Å². The molecular formula is C15H19IN2O3. The van der Waals surface area contributed by atoms with E-state index in [0.29, 0.717) is 0 Å². The summed E-state index contributed by atoms with van der Waals surface area (Å²) in [6.07, 6.45) is 1.91. The summed E-state index contributed by atoms with van der Waals surface area (Å²) in [7, 11) is 0. The molecule has 1 aliphatic rings. The molecule has 2 rings (SSSR count). The standard InChI is InChI=1S/C15H19IN2O3/c1-10-7-11(16)4-5-13(10)17-14(19)9-18-6-2-3-12(18)8-15(20)21/h4-5,7,12H,2-3,6,8-9H2,1H3,(H,17,19)(H,20,21). The molecule has 5 nitrogen and oxygen atoms in total. The Morgan fingerprint density at radius 2 is 2.24 bits per heavy atom. The van der Waals surface area contributed by atoms with Gasteiger partial charge in [-0.15, -0.1) is 0 Å². The lowest BCUT2D eigenvalue weighted by atomic mass is 10.1. The van der Waals surface area contributed by atoms with Crippen molar-refractivity contribution in [3.05, 3.63) is 27.3 Å². The maximum atomic E-state index is 12.1. The van der Waals surface area contributed by atoms with Crippen LogP contribution in [0.4, 0.5) is 5.69 Å². The van der Waals surface area contributed by atoms with E-state index < -0.39 is 5.97 Å². The van der Waals surface area contributed by atoms with Crippen LogP contribution < -0.4 is 5.32 Å². The summed E-state index contributed by atoms with van der Waals surface area (Å²) in [6, 6.07) is 5.84. The Morgan fingerprint density at radius 1 is 1.48 bits per heavy atom. The number of aliphatic carboxylic acids is 1. The molecule has 1 amide bonds. The van der Waals surface area contributed by atoms with Crippen molar-refractivity contribution in [3.63, 3.8) is 0 Å². The third kappa shape index (κ3) is 4.67. The molecule has 21 heavy (non-hydrogen) atoms. The lowest BCUT2D eigenvalue weighted by molar-refractivity contribution is -0.138. The van der Waals surface area contributed by atoms with Gasteiger partial charge in [-0.05, 0) is 72.7 Å². The Balaban J connectivity index is 1.93. The zero-order valence-electron chi connectivity index (χ0n) is 11.9. The summed E-state index contributed by atoms with van der Waals surface area (Å²) in [5.74, 6) is -0.891. The van der Waals surface area contributed by atoms with Crippen LogP contribution in [0.15, 0.2) is 18.2 Å². The second-order valence-corrected chi connectivity index (χ2v) is 6.62. The van der Waals surface area contributed by atoms with E-state index in [1.165, 1.54) is 0 Å². The monoisotopic (exact) mass is 402 g/mol. The lowest BCUT2D eigenvalue weighted by Crippen LogP contribution is -2.37. The Kier molecular flexibility index (Phi) is 5.58. The van der Waals surface area contributed by atoms with Crippen LogP contribution in [0.3, 0.4) is 0 Å². The predicted octanol–water partition coefficient (Wildman–Crippen LogP) is 2.48. The molecule has 114 valence electrons. The molecule has 0 spiro atoms. The fourth-order valence-corrected chi connectivity index (χ4v) is 3.32. The SMILES string of the molecule is Cc1cc(I)ccc1NC(=O)CN1CCCC1CC(=O)O. The number of anilines is 1. The van der Waals surface area contributed by atoms with E-state index in [2.05, 4.69) is 27.9 Å². The summed E-state index contributed by atoms with van der Waals surface area (Å²) in [5.41, 5.74) is 1.84. The first-order valence-electron chi connectivity index (χ1n) is 6.97. The fraction of sp³-hybridized carbons (Fsp3) is 0.467. The van der Waals surface area contributed by atoms with Gasteiger partial charge in [0.25, 0.3) is 0 Å². The second kappa shape index (κ2) is 7.22. The number of hydrogen-bond donors (Lipinski definition) is 2. The highest BCUT2D eigenvalue weighted by molar-refractivity contribution is 14.1. The lowest BCUT2D eigenvalue weighted by Gasteiger charge is -2.22. The van der Waals surface area contributed by atoms with Gasteiger partial charge in [-0.25, -0.2) is 0 Å². The number of benzene rings is 1. The Hall–Kier alpha value is -1.15. The topological polar surface area (TPSA) is 69.6 Å². The number of rotatable bonds is 5. The van der Waals surface area contributed by atoms with Gasteiger partial charge < -0.3 is 10.4 Å². The number of carboxylic acid groups (broad SMARTS) is 1. The van der Waals surface area contributed by atoms with Crippen molar-refractivity contribution in [1.29, 1.82) is 0 Å². The van der Waals surface area contributed by atoms with E-state index in [1.54, 1.807) is 0 Å². The molecule has 0 aliphatic carbocycles. The normalized spacial score (nSPS) is 18.7. The molecular weight excluding hydrogens is 383 g/mol. The van der Waals surface area contributed by atoms with Gasteiger partial charge in [-0.2, -0.15) is 0 Å². The molecule has 1 unspecified atom stereocenters. The zero-order valence-corrected chi connectivity index (χ0v) is 14.1. The average Bonchev–Trinajstić information content (AvgIpc) is 2.79. The fourth-order valence-electron chi connectivity index (χ4n) is 2.68. The zero-order chi connectivity index (χ0) is 15.4. The number of aryl methyl sites for hydroxylation is 1. The van der Waals surface area contributed by atoms with Crippen LogP contribution in [0.25, 0.3) is 0 Å². The molecule has 1 aliphatic heterocycles. The first kappa shape index (κ1) is 16.2. The molecule has 0 radical (unpaired) electrons. The van der Waals surface area contributed by atoms with Gasteiger partial charge in [-0.1, -0.05) is 0 Å². The highest BCUT2D eigenvalue weighted by Gasteiger charge is 2.28. The number of amides is 1. The van der Waals surface area contributed by atoms with E-state index in [1.807, 2.05) is 30.0 Å². The third-order valence-electron chi connectivity index (χ3n) is 3.72. The van der Waals surface area contributed by atoms with Crippen LogP contribution in [0.1, 0.15) is 24.8 Å². The number of nitrogens with zero attached hydrogens (tertiary/aromatic N) is 1. The first-order chi connectivity index (χ1) is 9.95. The second-order valence-electron chi connectivity index (χ2n) is 5.37. The van der Waals surface area contributed by atoms with Crippen LogP contribution in [-0.2, 0) is 9.59 Å². The van der Waals surface area contributed by atoms with Gasteiger partial charge in [0.15, 0.2) is 0 Å². The molecule has 1 aromatic rings. The van der Waals surface area contributed by atoms with Gasteiger partial charge in [-0.3, -0.25) is 14.5 Å². The van der Waals surface area contributed by atoms with E-state index >= 15 is 0 Å². The molecule has 1 atom stereocenters. The Bertz CT molecular complexity index is 548. The van der Waals surface area contributed by atoms with Crippen LogP contribution in [0.2, 0.25) is 0 Å². The maximum absolute atomic E-state index is 12.1. The molecule has 2 N–H and O–H groups in total. The maximum Gasteiger partial charge on any atom is 0.304 e. The van der Waals surface area contributed by atoms with Crippen LogP contribution >= 0.6 is 22.6 Å². The molecule has 0 bridgehead atoms. The van der Waals surface area contributed by atoms with E-state index in [4.69, 9.17) is 5.11 Å². The van der Waals surface area contributed by atoms with Crippen molar-refractivity contribution in [1.82, 2.24) is 4.90 Å². The van der Waals surface area contributed by atoms with Crippen molar-refractivity contribution in [2.45, 2.75) is 32.2 Å². The van der Waals surface area contributed by atoms with Gasteiger partial charge in [0.05, 0.1) is 13.0 Å². The van der Waals surface area contributed by atoms with Crippen LogP contribution in [0, 0.1) is 10.5 Å². The number of carboxylic acids is 1. The first-order valence-corrected chi connectivity index (χ1v) is 8.05. The molecule has 6 heteroatoms. The minimum atomic E-state index is -0.805. The molecule has 1 fully saturated rings. The van der Waals surface area contributed by atoms with Gasteiger partial charge in [0, 0.05) is 15.3 Å². The largest absolute Gasteiger partial charge is 0.481 e. The highest BCUT2D eigenvalue weighted by atomic mass is 127. The third-order valence-corrected chi connectivity index (χ3v) is 4.39. The van der Waals surface area contributed by atoms with E-state index in [9.17, 15) is 9.59 Å². The Morgan fingerprint density at radius 3 is 2.90 bits per heavy atom. The molecule has 0 aromatic heterocycles. The van der Waals surface area contributed by atoms with E-state index in [0.717, 1.165) is 34.2 Å². The summed E-state index contributed by atoms with van der Waals surface area (Å²) >= 11 is 2.23. The summed E-state index contributed by atoms with van der Waals surface area (Å²) in [6.45, 7) is 3.00. The smallest absolute Gasteiger partial charge is 0.304 e. The van der Waals surface area contributed by atoms with Gasteiger partial charge >= 0.3 is 5.97 Å². The van der Waals surface area contributed by atoms with Crippen molar-refractivity contribution < 1.29 is 14.7 Å². The molecule has 1 aromatic carbocycles. The average molecular weight is 402 g/mol. The molecule has 1 heterocycles.